The fraction of sp³-hybridized carbons (Fsp3) is 0.429. The van der Waals surface area contributed by atoms with Gasteiger partial charge in [-0.1, -0.05) is 32.9 Å². The Balaban J connectivity index is 3.02. The average molecular weight is 249 g/mol. The lowest BCUT2D eigenvalue weighted by atomic mass is 9.86. The summed E-state index contributed by atoms with van der Waals surface area (Å²) in [6, 6.07) is 5.83. The number of methoxy groups -OCH3 is 1. The van der Waals surface area contributed by atoms with Gasteiger partial charge in [0.1, 0.15) is 0 Å². The third-order valence-electron chi connectivity index (χ3n) is 2.72. The van der Waals surface area contributed by atoms with Crippen LogP contribution in [0.15, 0.2) is 18.2 Å². The minimum absolute atomic E-state index is 0.0154. The molecule has 0 unspecified atom stereocenters. The number of nitrogens with one attached hydrogen (secondary N) is 1. The zero-order chi connectivity index (χ0) is 13.9. The predicted molar refractivity (Wildman–Crippen MR) is 70.5 cm³/mol. The summed E-state index contributed by atoms with van der Waals surface area (Å²) >= 11 is 0. The molecule has 18 heavy (non-hydrogen) atoms. The summed E-state index contributed by atoms with van der Waals surface area (Å²) in [7, 11) is 1.18. The van der Waals surface area contributed by atoms with Crippen LogP contribution in [0.1, 0.15) is 31.9 Å². The Hall–Kier alpha value is -1.84. The third-order valence-corrected chi connectivity index (χ3v) is 2.72. The number of ether oxygens (including phenoxy) is 1. The van der Waals surface area contributed by atoms with Crippen molar-refractivity contribution in [3.63, 3.8) is 0 Å². The van der Waals surface area contributed by atoms with Gasteiger partial charge in [0.05, 0.1) is 7.11 Å². The molecule has 0 heterocycles. The highest BCUT2D eigenvalue weighted by atomic mass is 16.5. The van der Waals surface area contributed by atoms with Gasteiger partial charge in [-0.05, 0) is 29.5 Å². The van der Waals surface area contributed by atoms with Gasteiger partial charge in [-0.15, -0.1) is 0 Å². The molecule has 1 N–H and O–H groups in total. The molecule has 4 nitrogen and oxygen atoms in total. The number of rotatable bonds is 1. The van der Waals surface area contributed by atoms with Crippen molar-refractivity contribution in [1.82, 2.24) is 0 Å². The van der Waals surface area contributed by atoms with Crippen LogP contribution in [0.4, 0.5) is 5.69 Å². The van der Waals surface area contributed by atoms with Crippen molar-refractivity contribution in [3.05, 3.63) is 29.3 Å². The van der Waals surface area contributed by atoms with E-state index in [4.69, 9.17) is 0 Å². The molecule has 0 aromatic heterocycles. The molecule has 1 aromatic rings. The van der Waals surface area contributed by atoms with Crippen molar-refractivity contribution in [2.24, 2.45) is 0 Å². The maximum absolute atomic E-state index is 11.5. The molecule has 0 radical (unpaired) electrons. The quantitative estimate of drug-likeness (QED) is 0.614. The van der Waals surface area contributed by atoms with Gasteiger partial charge in [-0.25, -0.2) is 4.79 Å². The van der Waals surface area contributed by atoms with E-state index >= 15 is 0 Å². The van der Waals surface area contributed by atoms with Crippen LogP contribution in [0.2, 0.25) is 0 Å². The van der Waals surface area contributed by atoms with Crippen LogP contribution in [-0.2, 0) is 19.7 Å². The smallest absolute Gasteiger partial charge is 0.396 e. The van der Waals surface area contributed by atoms with Crippen LogP contribution in [0.5, 0.6) is 0 Å². The fourth-order valence-corrected chi connectivity index (χ4v) is 1.49. The Labute approximate surface area is 107 Å². The SMILES string of the molecule is COC(=O)C(=O)Nc1cc(C(C)(C)C)ccc1C. The largest absolute Gasteiger partial charge is 0.462 e. The van der Waals surface area contributed by atoms with Gasteiger partial charge < -0.3 is 10.1 Å². The Morgan fingerprint density at radius 1 is 1.22 bits per heavy atom. The highest BCUT2D eigenvalue weighted by molar-refractivity contribution is 6.37. The number of anilines is 1. The Morgan fingerprint density at radius 3 is 2.33 bits per heavy atom. The van der Waals surface area contributed by atoms with E-state index < -0.39 is 11.9 Å². The standard InChI is InChI=1S/C14H19NO3/c1-9-6-7-10(14(2,3)4)8-11(9)15-12(16)13(17)18-5/h6-8H,1-5H3,(H,15,16). The summed E-state index contributed by atoms with van der Waals surface area (Å²) in [5, 5.41) is 2.56. The van der Waals surface area contributed by atoms with Crippen LogP contribution < -0.4 is 5.32 Å². The molecule has 0 aliphatic rings. The summed E-state index contributed by atoms with van der Waals surface area (Å²) in [4.78, 5) is 22.5. The molecule has 0 fully saturated rings. The van der Waals surface area contributed by atoms with Crippen molar-refractivity contribution in [2.45, 2.75) is 33.1 Å². The Bertz CT molecular complexity index is 472. The summed E-state index contributed by atoms with van der Waals surface area (Å²) in [6.45, 7) is 8.13. The second kappa shape index (κ2) is 5.21. The van der Waals surface area contributed by atoms with Crippen LogP contribution in [0, 0.1) is 6.92 Å². The van der Waals surface area contributed by atoms with Gasteiger partial charge in [0, 0.05) is 5.69 Å². The maximum atomic E-state index is 11.5. The molecule has 0 saturated heterocycles. The Kier molecular flexibility index (Phi) is 4.11. The molecule has 4 heteroatoms. The molecule has 0 aliphatic carbocycles. The van der Waals surface area contributed by atoms with Crippen LogP contribution >= 0.6 is 0 Å². The molecule has 0 spiro atoms. The van der Waals surface area contributed by atoms with Gasteiger partial charge in [0.2, 0.25) is 0 Å². The summed E-state index contributed by atoms with van der Waals surface area (Å²) < 4.78 is 4.37. The molecule has 0 saturated carbocycles. The van der Waals surface area contributed by atoms with Crippen molar-refractivity contribution < 1.29 is 14.3 Å². The third kappa shape index (κ3) is 3.32. The highest BCUT2D eigenvalue weighted by Crippen LogP contribution is 2.26. The minimum Gasteiger partial charge on any atom is -0.462 e. The minimum atomic E-state index is -0.893. The summed E-state index contributed by atoms with van der Waals surface area (Å²) in [5.74, 6) is -1.65. The topological polar surface area (TPSA) is 55.4 Å². The van der Waals surface area contributed by atoms with Crippen molar-refractivity contribution in [2.75, 3.05) is 12.4 Å². The molecule has 1 amide bonds. The lowest BCUT2D eigenvalue weighted by molar-refractivity contribution is -0.150. The normalized spacial score (nSPS) is 10.9. The number of amides is 1. The van der Waals surface area contributed by atoms with Crippen molar-refractivity contribution in [1.29, 1.82) is 0 Å². The first kappa shape index (κ1) is 14.2. The number of carbonyl (C=O) groups is 2. The fourth-order valence-electron chi connectivity index (χ4n) is 1.49. The molecule has 0 aliphatic heterocycles. The van der Waals surface area contributed by atoms with Gasteiger partial charge in [0.15, 0.2) is 0 Å². The molecule has 1 rings (SSSR count). The zero-order valence-corrected chi connectivity index (χ0v) is 11.5. The van der Waals surface area contributed by atoms with Crippen LogP contribution in [-0.4, -0.2) is 19.0 Å². The predicted octanol–water partition coefficient (Wildman–Crippen LogP) is 2.40. The van der Waals surface area contributed by atoms with E-state index in [1.54, 1.807) is 0 Å². The Morgan fingerprint density at radius 2 is 1.83 bits per heavy atom. The van der Waals surface area contributed by atoms with E-state index in [1.807, 2.05) is 25.1 Å². The number of benzene rings is 1. The molecule has 0 bridgehead atoms. The van der Waals surface area contributed by atoms with Gasteiger partial charge >= 0.3 is 11.9 Å². The van der Waals surface area contributed by atoms with Gasteiger partial charge in [0.25, 0.3) is 0 Å². The second-order valence-electron chi connectivity index (χ2n) is 5.23. The van der Waals surface area contributed by atoms with E-state index in [0.717, 1.165) is 11.1 Å². The number of carbonyl (C=O) groups excluding carboxylic acids is 2. The van der Waals surface area contributed by atoms with E-state index in [1.165, 1.54) is 7.11 Å². The first-order valence-corrected chi connectivity index (χ1v) is 5.76. The number of hydrogen-bond donors (Lipinski definition) is 1. The number of hydrogen-bond acceptors (Lipinski definition) is 3. The maximum Gasteiger partial charge on any atom is 0.396 e. The highest BCUT2D eigenvalue weighted by Gasteiger charge is 2.18. The van der Waals surface area contributed by atoms with Crippen LogP contribution in [0.3, 0.4) is 0 Å². The first-order chi connectivity index (χ1) is 8.25. The van der Waals surface area contributed by atoms with Crippen molar-refractivity contribution >= 4 is 17.6 Å². The van der Waals surface area contributed by atoms with E-state index in [9.17, 15) is 9.59 Å². The van der Waals surface area contributed by atoms with E-state index in [0.29, 0.717) is 5.69 Å². The molecular weight excluding hydrogens is 230 g/mol. The number of esters is 1. The molecule has 0 atom stereocenters. The van der Waals surface area contributed by atoms with E-state index in [2.05, 4.69) is 30.8 Å². The van der Waals surface area contributed by atoms with Gasteiger partial charge in [-0.2, -0.15) is 0 Å². The average Bonchev–Trinajstić information content (AvgIpc) is 2.29. The molecular formula is C14H19NO3. The van der Waals surface area contributed by atoms with Crippen LogP contribution in [0.25, 0.3) is 0 Å². The zero-order valence-electron chi connectivity index (χ0n) is 11.5. The number of aryl methyl sites for hydroxylation is 1. The monoisotopic (exact) mass is 249 g/mol. The molecule has 98 valence electrons. The summed E-state index contributed by atoms with van der Waals surface area (Å²) in [5.41, 5.74) is 2.62. The lowest BCUT2D eigenvalue weighted by Gasteiger charge is -2.20. The first-order valence-electron chi connectivity index (χ1n) is 5.76. The second-order valence-corrected chi connectivity index (χ2v) is 5.23. The lowest BCUT2D eigenvalue weighted by Crippen LogP contribution is -2.24. The van der Waals surface area contributed by atoms with E-state index in [-0.39, 0.29) is 5.41 Å². The van der Waals surface area contributed by atoms with Crippen molar-refractivity contribution in [3.8, 4) is 0 Å². The van der Waals surface area contributed by atoms with Gasteiger partial charge in [-0.3, -0.25) is 4.79 Å². The molecule has 1 aromatic carbocycles. The summed E-state index contributed by atoms with van der Waals surface area (Å²) in [6.07, 6.45) is 0.